The predicted molar refractivity (Wildman–Crippen MR) is 103 cm³/mol. The molecule has 0 N–H and O–H groups in total. The van der Waals surface area contributed by atoms with Crippen molar-refractivity contribution in [2.45, 2.75) is 31.0 Å². The third-order valence-electron chi connectivity index (χ3n) is 4.26. The molecule has 1 aromatic heterocycles. The van der Waals surface area contributed by atoms with Gasteiger partial charge in [-0.3, -0.25) is 0 Å². The number of nitrogens with zero attached hydrogens (tertiary/aromatic N) is 1. The molecule has 0 aliphatic rings. The van der Waals surface area contributed by atoms with Crippen molar-refractivity contribution >= 4 is 27.2 Å². The van der Waals surface area contributed by atoms with Gasteiger partial charge in [0.25, 0.3) is 10.0 Å². The summed E-state index contributed by atoms with van der Waals surface area (Å²) < 4.78 is 74.2. The highest BCUT2D eigenvalue weighted by molar-refractivity contribution is 7.90. The van der Waals surface area contributed by atoms with Crippen LogP contribution in [0.2, 0.25) is 0 Å². The van der Waals surface area contributed by atoms with Crippen molar-refractivity contribution in [2.75, 3.05) is 6.61 Å². The van der Waals surface area contributed by atoms with Crippen molar-refractivity contribution in [3.05, 3.63) is 54.2 Å². The van der Waals surface area contributed by atoms with E-state index in [1.165, 1.54) is 18.3 Å². The van der Waals surface area contributed by atoms with Crippen LogP contribution >= 0.6 is 0 Å². The lowest BCUT2D eigenvalue weighted by molar-refractivity contribution is -0.274. The molecule has 30 heavy (non-hydrogen) atoms. The third kappa shape index (κ3) is 4.59. The molecule has 0 amide bonds. The van der Waals surface area contributed by atoms with Gasteiger partial charge >= 0.3 is 6.36 Å². The Morgan fingerprint density at radius 2 is 1.87 bits per heavy atom. The average molecular weight is 441 g/mol. The predicted octanol–water partition coefficient (Wildman–Crippen LogP) is 4.31. The first-order chi connectivity index (χ1) is 14.2. The molecule has 0 spiro atoms. The van der Waals surface area contributed by atoms with Crippen molar-refractivity contribution in [3.63, 3.8) is 0 Å². The number of fused-ring (bicyclic) bond motifs is 1. The van der Waals surface area contributed by atoms with Crippen LogP contribution in [0.5, 0.6) is 11.5 Å². The molecule has 0 saturated carbocycles. The number of aldehydes is 1. The number of aryl methyl sites for hydroxylation is 1. The van der Waals surface area contributed by atoms with Gasteiger partial charge in [0.1, 0.15) is 17.8 Å². The van der Waals surface area contributed by atoms with Gasteiger partial charge in [-0.25, -0.2) is 12.4 Å². The molecule has 3 aromatic rings. The quantitative estimate of drug-likeness (QED) is 0.487. The average Bonchev–Trinajstić information content (AvgIpc) is 3.04. The third-order valence-corrected chi connectivity index (χ3v) is 5.93. The van der Waals surface area contributed by atoms with E-state index in [-0.39, 0.29) is 11.3 Å². The second-order valence-electron chi connectivity index (χ2n) is 6.30. The second kappa shape index (κ2) is 8.39. The van der Waals surface area contributed by atoms with Crippen LogP contribution in [0.25, 0.3) is 10.9 Å². The Hall–Kier alpha value is -3.01. The zero-order valence-electron chi connectivity index (χ0n) is 15.8. The fraction of sp³-hybridized carbons (Fsp3) is 0.250. The van der Waals surface area contributed by atoms with Gasteiger partial charge in [-0.05, 0) is 49.2 Å². The van der Waals surface area contributed by atoms with Gasteiger partial charge in [0, 0.05) is 24.1 Å². The monoisotopic (exact) mass is 441 g/mol. The van der Waals surface area contributed by atoms with Gasteiger partial charge in [0.15, 0.2) is 0 Å². The molecule has 0 aliphatic heterocycles. The van der Waals surface area contributed by atoms with Crippen molar-refractivity contribution in [1.82, 2.24) is 3.97 Å². The summed E-state index contributed by atoms with van der Waals surface area (Å²) in [5.74, 6) is -0.104. The van der Waals surface area contributed by atoms with Crippen molar-refractivity contribution < 1.29 is 35.9 Å². The molecule has 6 nitrogen and oxygen atoms in total. The van der Waals surface area contributed by atoms with Crippen LogP contribution in [0.1, 0.15) is 18.9 Å². The van der Waals surface area contributed by atoms with Gasteiger partial charge in [-0.2, -0.15) is 0 Å². The summed E-state index contributed by atoms with van der Waals surface area (Å²) >= 11 is 0. The second-order valence-corrected chi connectivity index (χ2v) is 8.11. The van der Waals surface area contributed by atoms with Crippen LogP contribution in [0.15, 0.2) is 53.6 Å². The summed E-state index contributed by atoms with van der Waals surface area (Å²) in [5.41, 5.74) is 0.923. The number of benzene rings is 2. The Kier molecular flexibility index (Phi) is 6.06. The molecule has 0 bridgehead atoms. The Balaban J connectivity index is 2.12. The number of alkyl halides is 3. The maximum atomic E-state index is 13.2. The number of carbonyl (C=O) groups excluding carboxylic acids is 1. The van der Waals surface area contributed by atoms with E-state index in [0.29, 0.717) is 35.2 Å². The lowest BCUT2D eigenvalue weighted by Gasteiger charge is -2.12. The van der Waals surface area contributed by atoms with Crippen LogP contribution in [0, 0.1) is 0 Å². The SMILES string of the molecule is CCOc1ccc2c(c1)c(CCC=O)cn2S(=O)(=O)c1cccc(OC(F)(F)F)c1. The zero-order chi connectivity index (χ0) is 21.9. The lowest BCUT2D eigenvalue weighted by atomic mass is 10.1. The summed E-state index contributed by atoms with van der Waals surface area (Å²) in [6.45, 7) is 2.23. The molecule has 0 saturated heterocycles. The minimum absolute atomic E-state index is 0.187. The molecule has 2 aromatic carbocycles. The molecule has 10 heteroatoms. The Morgan fingerprint density at radius 3 is 2.53 bits per heavy atom. The molecular weight excluding hydrogens is 423 g/mol. The van der Waals surface area contributed by atoms with Gasteiger partial charge in [0.05, 0.1) is 17.0 Å². The molecule has 0 fully saturated rings. The molecule has 0 aliphatic carbocycles. The maximum Gasteiger partial charge on any atom is 0.573 e. The minimum atomic E-state index is -4.94. The Labute approximate surface area is 170 Å². The first kappa shape index (κ1) is 21.7. The standard InChI is InChI=1S/C20H18F3NO5S/c1-2-28-15-8-9-19-18(12-15)14(5-4-10-25)13-24(19)30(26,27)17-7-3-6-16(11-17)29-20(21,22)23/h3,6-13H,2,4-5H2,1H3. The smallest absolute Gasteiger partial charge is 0.494 e. The Morgan fingerprint density at radius 1 is 1.10 bits per heavy atom. The van der Waals surface area contributed by atoms with E-state index >= 15 is 0 Å². The normalized spacial score (nSPS) is 12.1. The molecule has 1 heterocycles. The van der Waals surface area contributed by atoms with Gasteiger partial charge in [-0.1, -0.05) is 6.07 Å². The van der Waals surface area contributed by atoms with E-state index in [4.69, 9.17) is 4.74 Å². The Bertz CT molecular complexity index is 1170. The summed E-state index contributed by atoms with van der Waals surface area (Å²) in [6.07, 6.45) is -2.36. The number of hydrogen-bond acceptors (Lipinski definition) is 5. The summed E-state index contributed by atoms with van der Waals surface area (Å²) in [5, 5.41) is 0.578. The van der Waals surface area contributed by atoms with Crippen LogP contribution in [0.3, 0.4) is 0 Å². The number of aromatic nitrogens is 1. The zero-order valence-corrected chi connectivity index (χ0v) is 16.7. The van der Waals surface area contributed by atoms with Crippen LogP contribution in [0.4, 0.5) is 13.2 Å². The molecule has 0 radical (unpaired) electrons. The van der Waals surface area contributed by atoms with Crippen molar-refractivity contribution in [2.24, 2.45) is 0 Å². The minimum Gasteiger partial charge on any atom is -0.494 e. The molecule has 0 atom stereocenters. The number of rotatable bonds is 8. The van der Waals surface area contributed by atoms with E-state index in [0.717, 1.165) is 22.4 Å². The summed E-state index contributed by atoms with van der Waals surface area (Å²) in [6, 6.07) is 9.01. The topological polar surface area (TPSA) is 74.6 Å². The van der Waals surface area contributed by atoms with E-state index in [9.17, 15) is 26.4 Å². The van der Waals surface area contributed by atoms with Crippen LogP contribution < -0.4 is 9.47 Å². The first-order valence-corrected chi connectivity index (χ1v) is 10.4. The summed E-state index contributed by atoms with van der Waals surface area (Å²) in [4.78, 5) is 10.4. The molecule has 3 rings (SSSR count). The fourth-order valence-corrected chi connectivity index (χ4v) is 4.49. The molecule has 160 valence electrons. The number of carbonyl (C=O) groups is 1. The lowest BCUT2D eigenvalue weighted by Crippen LogP contribution is -2.18. The first-order valence-electron chi connectivity index (χ1n) is 8.97. The fourth-order valence-electron chi connectivity index (χ4n) is 3.06. The van der Waals surface area contributed by atoms with Crippen molar-refractivity contribution in [1.29, 1.82) is 0 Å². The van der Waals surface area contributed by atoms with E-state index in [1.54, 1.807) is 18.2 Å². The highest BCUT2D eigenvalue weighted by Gasteiger charge is 2.32. The molecule has 0 unspecified atom stereocenters. The van der Waals surface area contributed by atoms with Crippen LogP contribution in [-0.4, -0.2) is 31.6 Å². The highest BCUT2D eigenvalue weighted by Crippen LogP contribution is 2.31. The highest BCUT2D eigenvalue weighted by atomic mass is 32.2. The van der Waals surface area contributed by atoms with Gasteiger partial charge < -0.3 is 14.3 Å². The van der Waals surface area contributed by atoms with Crippen molar-refractivity contribution in [3.8, 4) is 11.5 Å². The van der Waals surface area contributed by atoms with E-state index in [1.807, 2.05) is 6.92 Å². The number of halogens is 3. The summed E-state index contributed by atoms with van der Waals surface area (Å²) in [7, 11) is -4.23. The van der Waals surface area contributed by atoms with E-state index in [2.05, 4.69) is 4.74 Å². The van der Waals surface area contributed by atoms with Gasteiger partial charge in [0.2, 0.25) is 0 Å². The van der Waals surface area contributed by atoms with Crippen LogP contribution in [-0.2, 0) is 21.2 Å². The number of ether oxygens (including phenoxy) is 2. The maximum absolute atomic E-state index is 13.2. The van der Waals surface area contributed by atoms with Gasteiger partial charge in [-0.15, -0.1) is 13.2 Å². The number of hydrogen-bond donors (Lipinski definition) is 0. The largest absolute Gasteiger partial charge is 0.573 e. The molecular formula is C20H18F3NO5S. The van der Waals surface area contributed by atoms with E-state index < -0.39 is 22.1 Å².